The van der Waals surface area contributed by atoms with Gasteiger partial charge < -0.3 is 4.90 Å². The van der Waals surface area contributed by atoms with Crippen LogP contribution in [0.3, 0.4) is 0 Å². The molecule has 0 saturated carbocycles. The van der Waals surface area contributed by atoms with E-state index in [-0.39, 0.29) is 29.6 Å². The molecule has 108 valence electrons. The molecule has 0 unspecified atom stereocenters. The lowest BCUT2D eigenvalue weighted by molar-refractivity contribution is -0.128. The Hall–Kier alpha value is -1.98. The van der Waals surface area contributed by atoms with Crippen molar-refractivity contribution in [2.75, 3.05) is 27.2 Å². The molecule has 0 radical (unpaired) electrons. The summed E-state index contributed by atoms with van der Waals surface area (Å²) in [6, 6.07) is 4.45. The van der Waals surface area contributed by atoms with E-state index >= 15 is 0 Å². The topological polar surface area (TPSA) is 94.4 Å². The molecule has 0 fully saturated rings. The molecule has 0 aromatic carbocycles. The highest BCUT2D eigenvalue weighted by Gasteiger charge is 2.26. The monoisotopic (exact) mass is 296 g/mol. The molecular weight excluding hydrogens is 280 g/mol. The Morgan fingerprint density at radius 1 is 1.40 bits per heavy atom. The van der Waals surface area contributed by atoms with E-state index in [9.17, 15) is 13.2 Å². The number of carbonyl (C=O) groups excluding carboxylic acids is 1. The van der Waals surface area contributed by atoms with Gasteiger partial charge in [-0.25, -0.2) is 13.4 Å². The van der Waals surface area contributed by atoms with E-state index in [1.165, 1.54) is 17.0 Å². The molecule has 1 aromatic rings. The molecule has 7 nitrogen and oxygen atoms in total. The molecule has 0 spiro atoms. The van der Waals surface area contributed by atoms with E-state index in [2.05, 4.69) is 4.98 Å². The molecule has 1 rings (SSSR count). The largest absolute Gasteiger partial charge is 0.348 e. The van der Waals surface area contributed by atoms with Gasteiger partial charge in [0.1, 0.15) is 16.7 Å². The van der Waals surface area contributed by atoms with E-state index in [0.717, 1.165) is 10.5 Å². The number of nitriles is 1. The molecule has 0 atom stereocenters. The van der Waals surface area contributed by atoms with Crippen molar-refractivity contribution in [2.24, 2.45) is 0 Å². The Morgan fingerprint density at radius 2 is 2.05 bits per heavy atom. The predicted molar refractivity (Wildman–Crippen MR) is 72.1 cm³/mol. The lowest BCUT2D eigenvalue weighted by Crippen LogP contribution is -2.40. The molecular formula is C12H16N4O3S. The molecule has 0 N–H and O–H groups in total. The van der Waals surface area contributed by atoms with Crippen molar-refractivity contribution in [1.82, 2.24) is 14.2 Å². The summed E-state index contributed by atoms with van der Waals surface area (Å²) >= 11 is 0. The summed E-state index contributed by atoms with van der Waals surface area (Å²) in [5, 5.41) is 8.64. The number of sulfonamides is 1. The zero-order valence-corrected chi connectivity index (χ0v) is 12.4. The molecule has 20 heavy (non-hydrogen) atoms. The van der Waals surface area contributed by atoms with Crippen molar-refractivity contribution in [2.45, 2.75) is 11.8 Å². The van der Waals surface area contributed by atoms with Crippen LogP contribution in [0.25, 0.3) is 0 Å². The second-order valence-electron chi connectivity index (χ2n) is 4.21. The van der Waals surface area contributed by atoms with Crippen molar-refractivity contribution >= 4 is 15.9 Å². The van der Waals surface area contributed by atoms with Gasteiger partial charge in [0.05, 0.1) is 6.54 Å². The van der Waals surface area contributed by atoms with Crippen molar-refractivity contribution in [3.63, 3.8) is 0 Å². The summed E-state index contributed by atoms with van der Waals surface area (Å²) in [5.41, 5.74) is 0.136. The van der Waals surface area contributed by atoms with Crippen LogP contribution in [0.4, 0.5) is 0 Å². The molecule has 0 aliphatic rings. The molecule has 1 aromatic heterocycles. The van der Waals surface area contributed by atoms with Crippen LogP contribution in [0.1, 0.15) is 12.6 Å². The summed E-state index contributed by atoms with van der Waals surface area (Å²) in [7, 11) is -0.668. The number of rotatable bonds is 5. The minimum atomic E-state index is -3.79. The normalized spacial score (nSPS) is 11.2. The Morgan fingerprint density at radius 3 is 2.45 bits per heavy atom. The highest BCUT2D eigenvalue weighted by molar-refractivity contribution is 7.89. The Kier molecular flexibility index (Phi) is 5.19. The fourth-order valence-electron chi connectivity index (χ4n) is 1.41. The molecule has 1 heterocycles. The second-order valence-corrected chi connectivity index (χ2v) is 6.15. The number of carbonyl (C=O) groups is 1. The highest BCUT2D eigenvalue weighted by atomic mass is 32.2. The van der Waals surface area contributed by atoms with E-state index in [4.69, 9.17) is 5.26 Å². The van der Waals surface area contributed by atoms with Crippen LogP contribution < -0.4 is 0 Å². The van der Waals surface area contributed by atoms with Crippen LogP contribution in [0.5, 0.6) is 0 Å². The predicted octanol–water partition coefficient (Wildman–Crippen LogP) is 0.0521. The second kappa shape index (κ2) is 6.45. The summed E-state index contributed by atoms with van der Waals surface area (Å²) in [5.74, 6) is -0.308. The number of nitrogens with zero attached hydrogens (tertiary/aromatic N) is 4. The van der Waals surface area contributed by atoms with Gasteiger partial charge in [-0.3, -0.25) is 4.79 Å². The van der Waals surface area contributed by atoms with Gasteiger partial charge in [-0.05, 0) is 12.1 Å². The minimum absolute atomic E-state index is 0.0371. The molecule has 0 aliphatic carbocycles. The fourth-order valence-corrected chi connectivity index (χ4v) is 2.75. The van der Waals surface area contributed by atoms with E-state index in [1.807, 2.05) is 6.07 Å². The van der Waals surface area contributed by atoms with Gasteiger partial charge in [-0.15, -0.1) is 0 Å². The standard InChI is InChI=1S/C12H16N4O3S/c1-4-16(9-12(17)15(2)3)20(18,19)11-6-5-10(7-13)14-8-11/h5-6,8H,4,9H2,1-3H3. The van der Waals surface area contributed by atoms with Gasteiger partial charge >= 0.3 is 0 Å². The van der Waals surface area contributed by atoms with Crippen molar-refractivity contribution < 1.29 is 13.2 Å². The maximum atomic E-state index is 12.4. The zero-order chi connectivity index (χ0) is 15.3. The van der Waals surface area contributed by atoms with Crippen molar-refractivity contribution in [1.29, 1.82) is 5.26 Å². The van der Waals surface area contributed by atoms with Crippen LogP contribution >= 0.6 is 0 Å². The number of amides is 1. The van der Waals surface area contributed by atoms with Gasteiger partial charge in [0, 0.05) is 26.8 Å². The number of aromatic nitrogens is 1. The molecule has 0 aliphatic heterocycles. The number of hydrogen-bond donors (Lipinski definition) is 0. The van der Waals surface area contributed by atoms with Crippen LogP contribution in [0, 0.1) is 11.3 Å². The third-order valence-corrected chi connectivity index (χ3v) is 4.56. The first-order valence-electron chi connectivity index (χ1n) is 5.89. The third-order valence-electron chi connectivity index (χ3n) is 2.65. The maximum Gasteiger partial charge on any atom is 0.245 e. The van der Waals surface area contributed by atoms with E-state index < -0.39 is 10.0 Å². The Labute approximate surface area is 118 Å². The first-order valence-corrected chi connectivity index (χ1v) is 7.33. The smallest absolute Gasteiger partial charge is 0.245 e. The van der Waals surface area contributed by atoms with Gasteiger partial charge in [0.15, 0.2) is 0 Å². The van der Waals surface area contributed by atoms with Crippen LogP contribution in [0.2, 0.25) is 0 Å². The summed E-state index contributed by atoms with van der Waals surface area (Å²) in [4.78, 5) is 16.7. The Balaban J connectivity index is 3.05. The average Bonchev–Trinajstić information content (AvgIpc) is 2.44. The van der Waals surface area contributed by atoms with Crippen LogP contribution in [-0.2, 0) is 14.8 Å². The Bertz CT molecular complexity index is 617. The summed E-state index contributed by atoms with van der Waals surface area (Å²) in [6.07, 6.45) is 1.12. The molecule has 8 heteroatoms. The molecule has 0 bridgehead atoms. The lowest BCUT2D eigenvalue weighted by atomic mass is 10.4. The quantitative estimate of drug-likeness (QED) is 0.765. The minimum Gasteiger partial charge on any atom is -0.348 e. The van der Waals surface area contributed by atoms with Crippen LogP contribution in [0.15, 0.2) is 23.2 Å². The first kappa shape index (κ1) is 16.1. The van der Waals surface area contributed by atoms with Gasteiger partial charge in [0.25, 0.3) is 0 Å². The molecule has 1 amide bonds. The van der Waals surface area contributed by atoms with Gasteiger partial charge in [-0.1, -0.05) is 6.92 Å². The van der Waals surface area contributed by atoms with Crippen molar-refractivity contribution in [3.05, 3.63) is 24.0 Å². The lowest BCUT2D eigenvalue weighted by Gasteiger charge is -2.21. The number of hydrogen-bond acceptors (Lipinski definition) is 5. The van der Waals surface area contributed by atoms with Crippen molar-refractivity contribution in [3.8, 4) is 6.07 Å². The summed E-state index contributed by atoms with van der Waals surface area (Å²) in [6.45, 7) is 1.59. The number of pyridine rings is 1. The average molecular weight is 296 g/mol. The zero-order valence-electron chi connectivity index (χ0n) is 11.6. The van der Waals surface area contributed by atoms with E-state index in [1.54, 1.807) is 21.0 Å². The van der Waals surface area contributed by atoms with E-state index in [0.29, 0.717) is 0 Å². The van der Waals surface area contributed by atoms with Crippen LogP contribution in [-0.4, -0.2) is 55.7 Å². The van der Waals surface area contributed by atoms with Gasteiger partial charge in [0.2, 0.25) is 15.9 Å². The SMILES string of the molecule is CCN(CC(=O)N(C)C)S(=O)(=O)c1ccc(C#N)nc1. The summed E-state index contributed by atoms with van der Waals surface area (Å²) < 4.78 is 25.8. The first-order chi connectivity index (χ1) is 9.32. The number of likely N-dealkylation sites (N-methyl/N-ethyl adjacent to an activating group) is 2. The van der Waals surface area contributed by atoms with Gasteiger partial charge in [-0.2, -0.15) is 9.57 Å². The third kappa shape index (κ3) is 3.53. The molecule has 0 saturated heterocycles. The maximum absolute atomic E-state index is 12.4. The fraction of sp³-hybridized carbons (Fsp3) is 0.417. The highest BCUT2D eigenvalue weighted by Crippen LogP contribution is 2.14.